The largest absolute Gasteiger partial charge is 0.450 e. The van der Waals surface area contributed by atoms with Crippen LogP contribution in [-0.4, -0.2) is 26.3 Å². The average Bonchev–Trinajstić information content (AvgIpc) is 2.98. The van der Waals surface area contributed by atoms with E-state index in [1.165, 1.54) is 6.07 Å². The van der Waals surface area contributed by atoms with Gasteiger partial charge < -0.3 is 9.64 Å². The highest BCUT2D eigenvalue weighted by molar-refractivity contribution is 9.10. The Labute approximate surface area is 280 Å². The first-order valence-corrected chi connectivity index (χ1v) is 16.2. The Balaban J connectivity index is 1.59. The number of ketones is 2. The minimum Gasteiger partial charge on any atom is -0.450 e. The Morgan fingerprint density at radius 1 is 0.787 bits per heavy atom. The standard InChI is InChI=1S/C36H34BrN3O7/c1-35(2)16-26-33(28(41)18-35)32(34-27(17-36(3,4)19-29(34)42)38(26)20-21-8-6-5-7-9-21)24-14-22(37)10-12-30(24)47-31-13-11-23(39(43)44)15-25(31)40(45)46/h5-15,32H,16-20H2,1-4H3. The van der Waals surface area contributed by atoms with Crippen molar-refractivity contribution in [3.05, 3.63) is 125 Å². The second-order valence-corrected chi connectivity index (χ2v) is 15.0. The fourth-order valence-corrected chi connectivity index (χ4v) is 7.50. The second kappa shape index (κ2) is 11.9. The molecule has 242 valence electrons. The van der Waals surface area contributed by atoms with Gasteiger partial charge in [-0.1, -0.05) is 74.0 Å². The number of carbonyl (C=O) groups excluding carboxylic acids is 2. The summed E-state index contributed by atoms with van der Waals surface area (Å²) in [6, 6.07) is 18.3. The summed E-state index contributed by atoms with van der Waals surface area (Å²) in [5.41, 5.74) is 2.71. The zero-order valence-electron chi connectivity index (χ0n) is 26.5. The van der Waals surface area contributed by atoms with Gasteiger partial charge in [0.15, 0.2) is 11.6 Å². The zero-order chi connectivity index (χ0) is 33.8. The number of rotatable bonds is 7. The normalized spacial score (nSPS) is 19.0. The first kappa shape index (κ1) is 32.3. The number of benzene rings is 3. The molecule has 1 aliphatic heterocycles. The third-order valence-corrected chi connectivity index (χ3v) is 9.55. The molecule has 3 aliphatic rings. The molecule has 47 heavy (non-hydrogen) atoms. The van der Waals surface area contributed by atoms with Crippen molar-refractivity contribution in [3.8, 4) is 11.5 Å². The Kier molecular flexibility index (Phi) is 8.15. The van der Waals surface area contributed by atoms with Crippen LogP contribution < -0.4 is 4.74 Å². The van der Waals surface area contributed by atoms with Crippen molar-refractivity contribution in [2.75, 3.05) is 0 Å². The maximum Gasteiger partial charge on any atom is 0.318 e. The van der Waals surface area contributed by atoms with Crippen LogP contribution >= 0.6 is 15.9 Å². The van der Waals surface area contributed by atoms with E-state index in [1.54, 1.807) is 18.2 Å². The number of nitro benzene ring substituents is 2. The van der Waals surface area contributed by atoms with Gasteiger partial charge in [0.1, 0.15) is 5.75 Å². The Hall–Kier alpha value is -4.64. The van der Waals surface area contributed by atoms with Crippen LogP contribution in [0, 0.1) is 31.1 Å². The molecule has 0 aromatic heterocycles. The van der Waals surface area contributed by atoms with Crippen molar-refractivity contribution in [1.29, 1.82) is 0 Å². The number of hydrogen-bond acceptors (Lipinski definition) is 8. The zero-order valence-corrected chi connectivity index (χ0v) is 28.1. The molecule has 0 radical (unpaired) electrons. The number of nitro groups is 2. The quantitative estimate of drug-likeness (QED) is 0.176. The van der Waals surface area contributed by atoms with Gasteiger partial charge in [-0.05, 0) is 53.5 Å². The smallest absolute Gasteiger partial charge is 0.318 e. The van der Waals surface area contributed by atoms with E-state index in [0.29, 0.717) is 53.4 Å². The summed E-state index contributed by atoms with van der Waals surface area (Å²) in [6.45, 7) is 8.79. The molecular formula is C36H34BrN3O7. The van der Waals surface area contributed by atoms with Crippen LogP contribution in [0.4, 0.5) is 11.4 Å². The van der Waals surface area contributed by atoms with Gasteiger partial charge >= 0.3 is 5.69 Å². The van der Waals surface area contributed by atoms with Gasteiger partial charge in [0.25, 0.3) is 5.69 Å². The van der Waals surface area contributed by atoms with Gasteiger partial charge in [-0.3, -0.25) is 29.8 Å². The summed E-state index contributed by atoms with van der Waals surface area (Å²) >= 11 is 3.56. The van der Waals surface area contributed by atoms with Crippen molar-refractivity contribution in [2.45, 2.75) is 65.8 Å². The molecule has 1 heterocycles. The fraction of sp³-hybridized carbons (Fsp3) is 0.333. The first-order valence-electron chi connectivity index (χ1n) is 15.4. The minimum atomic E-state index is -0.774. The fourth-order valence-electron chi connectivity index (χ4n) is 7.12. The number of Topliss-reactive ketones (excluding diaryl/α,β-unsaturated/α-hetero) is 2. The number of carbonyl (C=O) groups is 2. The Bertz CT molecular complexity index is 1860. The first-order chi connectivity index (χ1) is 22.1. The van der Waals surface area contributed by atoms with Gasteiger partial charge in [-0.25, -0.2) is 0 Å². The van der Waals surface area contributed by atoms with Crippen LogP contribution in [0.2, 0.25) is 0 Å². The molecular weight excluding hydrogens is 666 g/mol. The van der Waals surface area contributed by atoms with Gasteiger partial charge in [0.2, 0.25) is 5.75 Å². The van der Waals surface area contributed by atoms with Crippen molar-refractivity contribution in [2.24, 2.45) is 10.8 Å². The number of halogens is 1. The number of allylic oxidation sites excluding steroid dienone is 4. The van der Waals surface area contributed by atoms with E-state index < -0.39 is 27.1 Å². The van der Waals surface area contributed by atoms with Crippen molar-refractivity contribution >= 4 is 38.9 Å². The van der Waals surface area contributed by atoms with Crippen LogP contribution in [0.3, 0.4) is 0 Å². The summed E-state index contributed by atoms with van der Waals surface area (Å²) in [4.78, 5) is 52.7. The van der Waals surface area contributed by atoms with E-state index in [-0.39, 0.29) is 33.9 Å². The highest BCUT2D eigenvalue weighted by Crippen LogP contribution is 2.56. The van der Waals surface area contributed by atoms with Crippen LogP contribution in [0.25, 0.3) is 0 Å². The molecule has 0 atom stereocenters. The highest BCUT2D eigenvalue weighted by Gasteiger charge is 2.49. The number of non-ortho nitro benzene ring substituents is 1. The molecule has 0 spiro atoms. The molecule has 3 aromatic rings. The number of hydrogen-bond donors (Lipinski definition) is 0. The van der Waals surface area contributed by atoms with Crippen LogP contribution in [0.1, 0.15) is 70.4 Å². The maximum atomic E-state index is 14.3. The Morgan fingerprint density at radius 2 is 1.36 bits per heavy atom. The van der Waals surface area contributed by atoms with E-state index in [0.717, 1.165) is 29.1 Å². The molecule has 11 heteroatoms. The van der Waals surface area contributed by atoms with Gasteiger partial charge in [0.05, 0.1) is 15.9 Å². The summed E-state index contributed by atoms with van der Waals surface area (Å²) in [7, 11) is 0. The highest BCUT2D eigenvalue weighted by atomic mass is 79.9. The summed E-state index contributed by atoms with van der Waals surface area (Å²) in [5, 5.41) is 23.3. The molecule has 0 saturated heterocycles. The van der Waals surface area contributed by atoms with Gasteiger partial charge in [-0.15, -0.1) is 0 Å². The molecule has 2 aliphatic carbocycles. The van der Waals surface area contributed by atoms with E-state index >= 15 is 0 Å². The number of nitrogens with zero attached hydrogens (tertiary/aromatic N) is 3. The Morgan fingerprint density at radius 3 is 1.91 bits per heavy atom. The molecule has 0 fully saturated rings. The molecule has 0 unspecified atom stereocenters. The lowest BCUT2D eigenvalue weighted by atomic mass is 9.63. The molecule has 3 aromatic carbocycles. The molecule has 6 rings (SSSR count). The summed E-state index contributed by atoms with van der Waals surface area (Å²) in [5.74, 6) is -0.878. The van der Waals surface area contributed by atoms with Crippen LogP contribution in [0.5, 0.6) is 11.5 Å². The van der Waals surface area contributed by atoms with Crippen molar-refractivity contribution in [1.82, 2.24) is 4.90 Å². The predicted molar refractivity (Wildman–Crippen MR) is 179 cm³/mol. The van der Waals surface area contributed by atoms with Gasteiger partial charge in [-0.2, -0.15) is 0 Å². The maximum absolute atomic E-state index is 14.3. The monoisotopic (exact) mass is 699 g/mol. The summed E-state index contributed by atoms with van der Waals surface area (Å²) in [6.07, 6.45) is 1.81. The SMILES string of the molecule is CC1(C)CC(=O)C2=C(C1)N(Cc1ccccc1)C1=C(C(=O)CC(C)(C)C1)C2c1cc(Br)ccc1Oc1ccc([N+](=O)[O-])cc1[N+](=O)[O-]. The minimum absolute atomic E-state index is 0.0595. The van der Waals surface area contributed by atoms with Crippen molar-refractivity contribution < 1.29 is 24.2 Å². The van der Waals surface area contributed by atoms with E-state index in [1.807, 2.05) is 30.3 Å². The molecule has 0 bridgehead atoms. The lowest BCUT2D eigenvalue weighted by molar-refractivity contribution is -0.394. The molecule has 0 saturated carbocycles. The van der Waals surface area contributed by atoms with Crippen molar-refractivity contribution in [3.63, 3.8) is 0 Å². The van der Waals surface area contributed by atoms with E-state index in [4.69, 9.17) is 4.74 Å². The lowest BCUT2D eigenvalue weighted by Gasteiger charge is -2.49. The lowest BCUT2D eigenvalue weighted by Crippen LogP contribution is -2.44. The third kappa shape index (κ3) is 6.24. The molecule has 10 nitrogen and oxygen atoms in total. The molecule has 0 N–H and O–H groups in total. The summed E-state index contributed by atoms with van der Waals surface area (Å²) < 4.78 is 6.88. The third-order valence-electron chi connectivity index (χ3n) is 9.06. The van der Waals surface area contributed by atoms with E-state index in [9.17, 15) is 29.8 Å². The average molecular weight is 701 g/mol. The van der Waals surface area contributed by atoms with Gasteiger partial charge in [0, 0.05) is 63.9 Å². The van der Waals surface area contributed by atoms with Crippen LogP contribution in [0.15, 0.2) is 93.7 Å². The van der Waals surface area contributed by atoms with Crippen LogP contribution in [-0.2, 0) is 16.1 Å². The second-order valence-electron chi connectivity index (χ2n) is 14.1. The topological polar surface area (TPSA) is 133 Å². The van der Waals surface area contributed by atoms with E-state index in [2.05, 4.69) is 48.5 Å². The number of ether oxygens (including phenoxy) is 1. The molecule has 0 amide bonds. The predicted octanol–water partition coefficient (Wildman–Crippen LogP) is 8.94.